The lowest BCUT2D eigenvalue weighted by atomic mass is 9.73. The van der Waals surface area contributed by atoms with Gasteiger partial charge < -0.3 is 25.5 Å². The molecule has 0 saturated heterocycles. The van der Waals surface area contributed by atoms with E-state index in [2.05, 4.69) is 67.5 Å². The highest BCUT2D eigenvalue weighted by molar-refractivity contribution is 5.46. The first-order chi connectivity index (χ1) is 13.7. The number of aliphatic hydroxyl groups is 5. The van der Waals surface area contributed by atoms with E-state index in [9.17, 15) is 5.11 Å². The van der Waals surface area contributed by atoms with Crippen LogP contribution < -0.4 is 0 Å². The van der Waals surface area contributed by atoms with E-state index < -0.39 is 31.8 Å². The summed E-state index contributed by atoms with van der Waals surface area (Å²) in [6.07, 6.45) is 2.70. The van der Waals surface area contributed by atoms with Gasteiger partial charge in [0, 0.05) is 0 Å². The molecule has 0 spiro atoms. The van der Waals surface area contributed by atoms with Crippen LogP contribution in [0.5, 0.6) is 0 Å². The Morgan fingerprint density at radius 1 is 0.767 bits per heavy atom. The van der Waals surface area contributed by atoms with Gasteiger partial charge in [-0.3, -0.25) is 0 Å². The molecule has 5 N–H and O–H groups in total. The number of hydrogen-bond acceptors (Lipinski definition) is 5. The summed E-state index contributed by atoms with van der Waals surface area (Å²) in [6.45, 7) is 16.2. The van der Waals surface area contributed by atoms with Crippen LogP contribution >= 0.6 is 0 Å². The van der Waals surface area contributed by atoms with E-state index in [1.165, 1.54) is 22.3 Å². The van der Waals surface area contributed by atoms with E-state index in [1.807, 2.05) is 0 Å². The van der Waals surface area contributed by atoms with E-state index in [0.29, 0.717) is 0 Å². The average molecular weight is 427 g/mol. The smallest absolute Gasteiger partial charge is 0.0795 e. The van der Waals surface area contributed by atoms with Gasteiger partial charge in [-0.05, 0) is 40.9 Å². The lowest BCUT2D eigenvalue weighted by Crippen LogP contribution is -2.37. The molecule has 1 unspecified atom stereocenters. The SMILES string of the molecule is CCCCC(O)c1c(C(C)(C)C)cc(C)cc1C(C)(C)C.OCC(CO)(CO)CO. The van der Waals surface area contributed by atoms with Gasteiger partial charge in [-0.25, -0.2) is 0 Å². The molecule has 0 aliphatic rings. The Morgan fingerprint density at radius 3 is 1.37 bits per heavy atom. The van der Waals surface area contributed by atoms with E-state index in [4.69, 9.17) is 20.4 Å². The zero-order chi connectivity index (χ0) is 23.8. The minimum atomic E-state index is -1.11. The Hall–Kier alpha value is -0.980. The number of unbranched alkanes of at least 4 members (excludes halogenated alkanes) is 1. The summed E-state index contributed by atoms with van der Waals surface area (Å²) < 4.78 is 0. The minimum Gasteiger partial charge on any atom is -0.396 e. The van der Waals surface area contributed by atoms with Crippen molar-refractivity contribution in [1.82, 2.24) is 0 Å². The maximum atomic E-state index is 10.8. The summed E-state index contributed by atoms with van der Waals surface area (Å²) >= 11 is 0. The second-order valence-electron chi connectivity index (χ2n) is 10.6. The normalized spacial score (nSPS) is 13.6. The highest BCUT2D eigenvalue weighted by Gasteiger charge is 2.29. The summed E-state index contributed by atoms with van der Waals surface area (Å²) in [4.78, 5) is 0. The Labute approximate surface area is 183 Å². The second-order valence-corrected chi connectivity index (χ2v) is 10.6. The van der Waals surface area contributed by atoms with Crippen LogP contribution in [0.4, 0.5) is 0 Å². The maximum Gasteiger partial charge on any atom is 0.0795 e. The van der Waals surface area contributed by atoms with E-state index in [0.717, 1.165) is 19.3 Å². The molecule has 0 aromatic heterocycles. The van der Waals surface area contributed by atoms with Gasteiger partial charge >= 0.3 is 0 Å². The first kappa shape index (κ1) is 29.0. The van der Waals surface area contributed by atoms with E-state index in [1.54, 1.807) is 0 Å². The third-order valence-electron chi connectivity index (χ3n) is 5.45. The molecular formula is C25H46O5. The van der Waals surface area contributed by atoms with Gasteiger partial charge in [0.25, 0.3) is 0 Å². The number of rotatable bonds is 8. The average Bonchev–Trinajstić information content (AvgIpc) is 2.67. The minimum absolute atomic E-state index is 0.0501. The van der Waals surface area contributed by atoms with Crippen LogP contribution in [0.2, 0.25) is 0 Å². The summed E-state index contributed by atoms with van der Waals surface area (Å²) in [5.41, 5.74) is 4.06. The Balaban J connectivity index is 0.000000787. The standard InChI is InChI=1S/C20H34O.C5H12O4/c1-9-10-11-17(21)18-15(19(3,4)5)12-14(2)13-16(18)20(6,7)8;6-1-5(2-7,3-8)4-9/h12-13,17,21H,9-11H2,1-8H3;6-9H,1-4H2. The zero-order valence-electron chi connectivity index (χ0n) is 20.4. The molecule has 0 aliphatic heterocycles. The fourth-order valence-electron chi connectivity index (χ4n) is 3.24. The van der Waals surface area contributed by atoms with Crippen LogP contribution in [0.25, 0.3) is 0 Å². The van der Waals surface area contributed by atoms with Gasteiger partial charge in [-0.15, -0.1) is 0 Å². The highest BCUT2D eigenvalue weighted by atomic mass is 16.3. The molecule has 0 radical (unpaired) electrons. The Kier molecular flexibility index (Phi) is 11.8. The van der Waals surface area contributed by atoms with Crippen molar-refractivity contribution < 1.29 is 25.5 Å². The molecule has 0 amide bonds. The van der Waals surface area contributed by atoms with Crippen molar-refractivity contribution in [3.05, 3.63) is 34.4 Å². The maximum absolute atomic E-state index is 10.8. The monoisotopic (exact) mass is 426 g/mol. The lowest BCUT2D eigenvalue weighted by molar-refractivity contribution is -0.0328. The van der Waals surface area contributed by atoms with E-state index in [-0.39, 0.29) is 16.9 Å². The third kappa shape index (κ3) is 8.27. The molecule has 1 aromatic carbocycles. The van der Waals surface area contributed by atoms with Crippen molar-refractivity contribution in [1.29, 1.82) is 0 Å². The van der Waals surface area contributed by atoms with Gasteiger partial charge in [-0.2, -0.15) is 0 Å². The zero-order valence-corrected chi connectivity index (χ0v) is 20.4. The van der Waals surface area contributed by atoms with Gasteiger partial charge in [0.15, 0.2) is 0 Å². The van der Waals surface area contributed by atoms with Gasteiger partial charge in [0.05, 0.1) is 37.9 Å². The largest absolute Gasteiger partial charge is 0.396 e. The fourth-order valence-corrected chi connectivity index (χ4v) is 3.24. The Morgan fingerprint density at radius 2 is 1.13 bits per heavy atom. The predicted molar refractivity (Wildman–Crippen MR) is 124 cm³/mol. The molecule has 0 bridgehead atoms. The molecular weight excluding hydrogens is 380 g/mol. The number of aryl methyl sites for hydroxylation is 1. The topological polar surface area (TPSA) is 101 Å². The summed E-state index contributed by atoms with van der Waals surface area (Å²) in [6, 6.07) is 4.53. The summed E-state index contributed by atoms with van der Waals surface area (Å²) in [7, 11) is 0. The molecule has 1 aromatic rings. The fraction of sp³-hybridized carbons (Fsp3) is 0.760. The molecule has 1 atom stereocenters. The van der Waals surface area contributed by atoms with Crippen molar-refractivity contribution in [2.75, 3.05) is 26.4 Å². The third-order valence-corrected chi connectivity index (χ3v) is 5.45. The molecule has 0 fully saturated rings. The van der Waals surface area contributed by atoms with Crippen LogP contribution in [-0.4, -0.2) is 52.0 Å². The van der Waals surface area contributed by atoms with Crippen molar-refractivity contribution in [2.45, 2.75) is 91.6 Å². The quantitative estimate of drug-likeness (QED) is 0.436. The molecule has 0 saturated carbocycles. The second kappa shape index (κ2) is 12.2. The van der Waals surface area contributed by atoms with E-state index >= 15 is 0 Å². The molecule has 0 aliphatic carbocycles. The van der Waals surface area contributed by atoms with Gasteiger partial charge in [0.2, 0.25) is 0 Å². The van der Waals surface area contributed by atoms with Crippen LogP contribution in [0, 0.1) is 12.3 Å². The first-order valence-electron chi connectivity index (χ1n) is 11.0. The summed E-state index contributed by atoms with van der Waals surface area (Å²) in [5, 5.41) is 44.8. The molecule has 0 heterocycles. The molecule has 5 nitrogen and oxygen atoms in total. The number of benzene rings is 1. The van der Waals surface area contributed by atoms with Crippen LogP contribution in [-0.2, 0) is 10.8 Å². The molecule has 30 heavy (non-hydrogen) atoms. The van der Waals surface area contributed by atoms with Crippen molar-refractivity contribution in [3.8, 4) is 0 Å². The van der Waals surface area contributed by atoms with Crippen molar-refractivity contribution >= 4 is 0 Å². The summed E-state index contributed by atoms with van der Waals surface area (Å²) in [5.74, 6) is 0. The molecule has 1 rings (SSSR count). The number of aliphatic hydroxyl groups excluding tert-OH is 5. The highest BCUT2D eigenvalue weighted by Crippen LogP contribution is 2.39. The van der Waals surface area contributed by atoms with Crippen molar-refractivity contribution in [3.63, 3.8) is 0 Å². The first-order valence-corrected chi connectivity index (χ1v) is 11.0. The lowest BCUT2D eigenvalue weighted by Gasteiger charge is -2.33. The van der Waals surface area contributed by atoms with Crippen LogP contribution in [0.15, 0.2) is 12.1 Å². The molecule has 5 heteroatoms. The van der Waals surface area contributed by atoms with Gasteiger partial charge in [-0.1, -0.05) is 79.0 Å². The predicted octanol–water partition coefficient (Wildman–Crippen LogP) is 3.76. The van der Waals surface area contributed by atoms with Crippen molar-refractivity contribution in [2.24, 2.45) is 5.41 Å². The number of hydrogen-bond donors (Lipinski definition) is 5. The molecule has 176 valence electrons. The van der Waals surface area contributed by atoms with Crippen LogP contribution in [0.3, 0.4) is 0 Å². The Bertz CT molecular complexity index is 569. The van der Waals surface area contributed by atoms with Crippen LogP contribution in [0.1, 0.15) is 96.1 Å². The van der Waals surface area contributed by atoms with Gasteiger partial charge in [0.1, 0.15) is 0 Å².